The van der Waals surface area contributed by atoms with Crippen molar-refractivity contribution in [3.8, 4) is 28.9 Å². The second-order valence-electron chi connectivity index (χ2n) is 6.47. The predicted octanol–water partition coefficient (Wildman–Crippen LogP) is 4.12. The molecule has 2 amide bonds. The molecule has 0 unspecified atom stereocenters. The zero-order valence-corrected chi connectivity index (χ0v) is 17.4. The van der Waals surface area contributed by atoms with Crippen molar-refractivity contribution in [1.82, 2.24) is 19.7 Å². The van der Waals surface area contributed by atoms with Gasteiger partial charge < -0.3 is 24.8 Å². The third-order valence-electron chi connectivity index (χ3n) is 4.31. The van der Waals surface area contributed by atoms with E-state index in [0.29, 0.717) is 40.3 Å². The van der Waals surface area contributed by atoms with Crippen molar-refractivity contribution in [2.75, 3.05) is 24.9 Å². The summed E-state index contributed by atoms with van der Waals surface area (Å²) in [6.45, 7) is 0. The number of anilines is 2. The molecule has 0 aliphatic rings. The van der Waals surface area contributed by atoms with Crippen molar-refractivity contribution in [2.24, 2.45) is 0 Å². The molecule has 2 aromatic heterocycles. The maximum absolute atomic E-state index is 12.3. The van der Waals surface area contributed by atoms with E-state index in [-0.39, 0.29) is 0 Å². The predicted molar refractivity (Wildman–Crippen MR) is 118 cm³/mol. The Morgan fingerprint density at radius 1 is 0.875 bits per heavy atom. The molecule has 0 bridgehead atoms. The van der Waals surface area contributed by atoms with Crippen molar-refractivity contribution >= 4 is 17.4 Å². The van der Waals surface area contributed by atoms with Crippen molar-refractivity contribution in [1.29, 1.82) is 0 Å². The summed E-state index contributed by atoms with van der Waals surface area (Å²) in [5, 5.41) is 9.64. The number of nitrogens with one attached hydrogen (secondary N) is 2. The Morgan fingerprint density at radius 2 is 1.59 bits per heavy atom. The smallest absolute Gasteiger partial charge is 0.323 e. The van der Waals surface area contributed by atoms with Crippen LogP contribution in [0.3, 0.4) is 0 Å². The molecule has 0 fully saturated rings. The Kier molecular flexibility index (Phi) is 6.12. The first kappa shape index (κ1) is 20.7. The third-order valence-corrected chi connectivity index (χ3v) is 4.31. The third kappa shape index (κ3) is 5.11. The molecule has 4 rings (SSSR count). The first-order valence-electron chi connectivity index (χ1n) is 9.54. The molecular formula is C22H20N6O4. The van der Waals surface area contributed by atoms with Gasteiger partial charge in [-0.15, -0.1) is 0 Å². The Bertz CT molecular complexity index is 1170. The molecule has 10 nitrogen and oxygen atoms in total. The Balaban J connectivity index is 1.38. The Morgan fingerprint density at radius 3 is 2.25 bits per heavy atom. The highest BCUT2D eigenvalue weighted by molar-refractivity contribution is 6.00. The molecule has 32 heavy (non-hydrogen) atoms. The lowest BCUT2D eigenvalue weighted by atomic mass is 10.2. The molecule has 0 spiro atoms. The maximum Gasteiger partial charge on any atom is 0.323 e. The summed E-state index contributed by atoms with van der Waals surface area (Å²) in [5.74, 6) is 2.65. The molecule has 2 aromatic carbocycles. The summed E-state index contributed by atoms with van der Waals surface area (Å²) in [5.41, 5.74) is 1.13. The van der Waals surface area contributed by atoms with Crippen LogP contribution in [0.4, 0.5) is 16.2 Å². The van der Waals surface area contributed by atoms with Crippen LogP contribution in [0.25, 0.3) is 5.82 Å². The zero-order valence-electron chi connectivity index (χ0n) is 17.4. The quantitative estimate of drug-likeness (QED) is 0.452. The molecular weight excluding hydrogens is 412 g/mol. The van der Waals surface area contributed by atoms with Gasteiger partial charge in [0.05, 0.1) is 14.2 Å². The number of benzene rings is 2. The number of methoxy groups -OCH3 is 2. The number of amides is 2. The molecule has 0 aliphatic carbocycles. The number of urea groups is 1. The van der Waals surface area contributed by atoms with E-state index in [1.807, 2.05) is 0 Å². The minimum atomic E-state index is -0.409. The molecule has 2 heterocycles. The molecule has 4 aromatic rings. The summed E-state index contributed by atoms with van der Waals surface area (Å²) in [6, 6.07) is 15.1. The topological polar surface area (TPSA) is 112 Å². The van der Waals surface area contributed by atoms with E-state index in [1.165, 1.54) is 6.33 Å². The number of hydrogen-bond donors (Lipinski definition) is 2. The van der Waals surface area contributed by atoms with E-state index >= 15 is 0 Å². The van der Waals surface area contributed by atoms with Crippen LogP contribution >= 0.6 is 0 Å². The number of rotatable bonds is 7. The maximum atomic E-state index is 12.3. The lowest BCUT2D eigenvalue weighted by Gasteiger charge is -2.11. The Labute approximate surface area is 183 Å². The van der Waals surface area contributed by atoms with E-state index in [4.69, 9.17) is 14.2 Å². The fourth-order valence-electron chi connectivity index (χ4n) is 2.82. The van der Waals surface area contributed by atoms with Crippen LogP contribution in [-0.4, -0.2) is 40.0 Å². The van der Waals surface area contributed by atoms with Gasteiger partial charge in [-0.1, -0.05) is 0 Å². The highest BCUT2D eigenvalue weighted by atomic mass is 16.5. The van der Waals surface area contributed by atoms with E-state index in [9.17, 15) is 4.79 Å². The van der Waals surface area contributed by atoms with E-state index in [1.54, 1.807) is 85.9 Å². The Hall–Kier alpha value is -4.60. The van der Waals surface area contributed by atoms with Gasteiger partial charge in [-0.25, -0.2) is 19.4 Å². The number of aromatic nitrogens is 4. The first-order valence-corrected chi connectivity index (χ1v) is 9.54. The van der Waals surface area contributed by atoms with Gasteiger partial charge >= 0.3 is 6.03 Å². The monoisotopic (exact) mass is 432 g/mol. The van der Waals surface area contributed by atoms with Gasteiger partial charge in [-0.2, -0.15) is 5.10 Å². The highest BCUT2D eigenvalue weighted by Crippen LogP contribution is 2.26. The lowest BCUT2D eigenvalue weighted by Crippen LogP contribution is -2.19. The molecule has 0 radical (unpaired) electrons. The van der Waals surface area contributed by atoms with Crippen molar-refractivity contribution in [3.05, 3.63) is 73.3 Å². The zero-order chi connectivity index (χ0) is 22.3. The summed E-state index contributed by atoms with van der Waals surface area (Å²) in [6.07, 6.45) is 4.84. The van der Waals surface area contributed by atoms with E-state index in [2.05, 4.69) is 25.7 Å². The van der Waals surface area contributed by atoms with Gasteiger partial charge in [0, 0.05) is 48.0 Å². The molecule has 0 aliphatic heterocycles. The van der Waals surface area contributed by atoms with Crippen molar-refractivity contribution in [2.45, 2.75) is 0 Å². The molecule has 0 atom stereocenters. The first-order chi connectivity index (χ1) is 15.6. The van der Waals surface area contributed by atoms with Crippen LogP contribution in [0.1, 0.15) is 0 Å². The van der Waals surface area contributed by atoms with E-state index in [0.717, 1.165) is 0 Å². The van der Waals surface area contributed by atoms with Crippen molar-refractivity contribution < 1.29 is 19.0 Å². The van der Waals surface area contributed by atoms with Gasteiger partial charge in [0.15, 0.2) is 5.82 Å². The standard InChI is InChI=1S/C22H20N6O4/c1-30-18-10-16(11-19(12-18)31-2)27-22(29)26-15-4-6-17(7-5-15)32-21-13-20(23-14-24-21)28-9-3-8-25-28/h3-14H,1-2H3,(H2,26,27,29). The second kappa shape index (κ2) is 9.47. The number of carbonyl (C=O) groups excluding carboxylic acids is 1. The summed E-state index contributed by atoms with van der Waals surface area (Å²) in [4.78, 5) is 20.6. The number of hydrogen-bond acceptors (Lipinski definition) is 7. The SMILES string of the molecule is COc1cc(NC(=O)Nc2ccc(Oc3cc(-n4cccn4)ncn3)cc2)cc(OC)c1. The van der Waals surface area contributed by atoms with Crippen LogP contribution in [0.2, 0.25) is 0 Å². The average molecular weight is 432 g/mol. The largest absolute Gasteiger partial charge is 0.497 e. The average Bonchev–Trinajstić information content (AvgIpc) is 3.35. The fourth-order valence-corrected chi connectivity index (χ4v) is 2.82. The second-order valence-corrected chi connectivity index (χ2v) is 6.47. The fraction of sp³-hybridized carbons (Fsp3) is 0.0909. The number of ether oxygens (including phenoxy) is 3. The molecule has 162 valence electrons. The van der Waals surface area contributed by atoms with Crippen LogP contribution < -0.4 is 24.8 Å². The van der Waals surface area contributed by atoms with E-state index < -0.39 is 6.03 Å². The minimum absolute atomic E-state index is 0.371. The lowest BCUT2D eigenvalue weighted by molar-refractivity contribution is 0.262. The van der Waals surface area contributed by atoms with Gasteiger partial charge in [0.1, 0.15) is 23.6 Å². The summed E-state index contributed by atoms with van der Waals surface area (Å²) in [7, 11) is 3.09. The summed E-state index contributed by atoms with van der Waals surface area (Å²) >= 11 is 0. The van der Waals surface area contributed by atoms with Gasteiger partial charge in [0.2, 0.25) is 5.88 Å². The minimum Gasteiger partial charge on any atom is -0.497 e. The molecule has 10 heteroatoms. The van der Waals surface area contributed by atoms with Crippen LogP contribution in [-0.2, 0) is 0 Å². The molecule has 0 saturated heterocycles. The van der Waals surface area contributed by atoms with Gasteiger partial charge in [-0.05, 0) is 30.3 Å². The number of carbonyl (C=O) groups is 1. The van der Waals surface area contributed by atoms with Crippen LogP contribution in [0.5, 0.6) is 23.1 Å². The normalized spacial score (nSPS) is 10.3. The van der Waals surface area contributed by atoms with Gasteiger partial charge in [-0.3, -0.25) is 0 Å². The van der Waals surface area contributed by atoms with Gasteiger partial charge in [0.25, 0.3) is 0 Å². The number of nitrogens with zero attached hydrogens (tertiary/aromatic N) is 4. The van der Waals surface area contributed by atoms with Crippen LogP contribution in [0.15, 0.2) is 73.3 Å². The summed E-state index contributed by atoms with van der Waals surface area (Å²) < 4.78 is 17.8. The molecule has 2 N–H and O–H groups in total. The van der Waals surface area contributed by atoms with Crippen molar-refractivity contribution in [3.63, 3.8) is 0 Å². The molecule has 0 saturated carbocycles. The highest BCUT2D eigenvalue weighted by Gasteiger charge is 2.08. The van der Waals surface area contributed by atoms with Crippen LogP contribution in [0, 0.1) is 0 Å².